The maximum atomic E-state index is 14.2. The Morgan fingerprint density at radius 1 is 1.16 bits per heavy atom. The van der Waals surface area contributed by atoms with Gasteiger partial charge in [0.2, 0.25) is 11.8 Å². The van der Waals surface area contributed by atoms with E-state index < -0.39 is 11.9 Å². The van der Waals surface area contributed by atoms with Crippen molar-refractivity contribution in [2.45, 2.75) is 64.1 Å². The fraction of sp³-hybridized carbons (Fsp3) is 0.440. The maximum absolute atomic E-state index is 14.2. The molecule has 1 saturated carbocycles. The van der Waals surface area contributed by atoms with E-state index in [0.29, 0.717) is 17.7 Å². The van der Waals surface area contributed by atoms with Crippen LogP contribution >= 0.6 is 0 Å². The Morgan fingerprint density at radius 2 is 1.90 bits per heavy atom. The fourth-order valence-corrected chi connectivity index (χ4v) is 4.16. The molecule has 1 atom stereocenters. The van der Waals surface area contributed by atoms with Crippen LogP contribution in [0.15, 0.2) is 48.5 Å². The SMILES string of the molecule is CC[C@H](C(=O)NC1CCCC1)N(Cc1cccc(OC)c1)C(=O)Cc1ccccc1F. The Labute approximate surface area is 183 Å². The molecule has 2 aromatic carbocycles. The normalized spacial score (nSPS) is 14.8. The van der Waals surface area contributed by atoms with Gasteiger partial charge in [-0.3, -0.25) is 9.59 Å². The lowest BCUT2D eigenvalue weighted by molar-refractivity contribution is -0.141. The van der Waals surface area contributed by atoms with Crippen LogP contribution in [0, 0.1) is 5.82 Å². The molecule has 1 N–H and O–H groups in total. The van der Waals surface area contributed by atoms with Gasteiger partial charge in [0.05, 0.1) is 13.5 Å². The number of carbonyl (C=O) groups is 2. The third kappa shape index (κ3) is 6.06. The van der Waals surface area contributed by atoms with Crippen molar-refractivity contribution in [3.05, 3.63) is 65.5 Å². The van der Waals surface area contributed by atoms with Gasteiger partial charge >= 0.3 is 0 Å². The zero-order valence-electron chi connectivity index (χ0n) is 18.3. The summed E-state index contributed by atoms with van der Waals surface area (Å²) in [4.78, 5) is 28.0. The van der Waals surface area contributed by atoms with Gasteiger partial charge in [-0.05, 0) is 48.6 Å². The van der Waals surface area contributed by atoms with E-state index >= 15 is 0 Å². The molecule has 0 unspecified atom stereocenters. The van der Waals surface area contributed by atoms with Gasteiger partial charge in [-0.1, -0.05) is 50.1 Å². The van der Waals surface area contributed by atoms with E-state index in [1.807, 2.05) is 31.2 Å². The Morgan fingerprint density at radius 3 is 2.58 bits per heavy atom. The highest BCUT2D eigenvalue weighted by molar-refractivity contribution is 5.88. The van der Waals surface area contributed by atoms with E-state index in [-0.39, 0.29) is 30.8 Å². The summed E-state index contributed by atoms with van der Waals surface area (Å²) in [6.45, 7) is 2.15. The first kappa shape index (κ1) is 22.8. The summed E-state index contributed by atoms with van der Waals surface area (Å²) in [6.07, 6.45) is 4.56. The van der Waals surface area contributed by atoms with Gasteiger partial charge in [0.1, 0.15) is 17.6 Å². The van der Waals surface area contributed by atoms with Crippen molar-refractivity contribution in [3.8, 4) is 5.75 Å². The lowest BCUT2D eigenvalue weighted by Gasteiger charge is -2.31. The molecule has 1 aliphatic rings. The Bertz CT molecular complexity index is 896. The number of benzene rings is 2. The molecular weight excluding hydrogens is 395 g/mol. The van der Waals surface area contributed by atoms with Gasteiger partial charge in [-0.15, -0.1) is 0 Å². The van der Waals surface area contributed by atoms with Crippen LogP contribution in [0.1, 0.15) is 50.2 Å². The van der Waals surface area contributed by atoms with Crippen LogP contribution in [-0.4, -0.2) is 35.9 Å². The molecule has 1 fully saturated rings. The predicted molar refractivity (Wildman–Crippen MR) is 118 cm³/mol. The molecule has 0 bridgehead atoms. The molecule has 2 aromatic rings. The Hall–Kier alpha value is -2.89. The van der Waals surface area contributed by atoms with Gasteiger partial charge in [0.15, 0.2) is 0 Å². The molecule has 0 spiro atoms. The second kappa shape index (κ2) is 10.9. The van der Waals surface area contributed by atoms with E-state index in [1.54, 1.807) is 30.2 Å². The number of rotatable bonds is 9. The molecule has 0 aliphatic heterocycles. The van der Waals surface area contributed by atoms with E-state index in [4.69, 9.17) is 4.74 Å². The highest BCUT2D eigenvalue weighted by atomic mass is 19.1. The first-order valence-corrected chi connectivity index (χ1v) is 11.0. The molecule has 2 amide bonds. The van der Waals surface area contributed by atoms with E-state index in [9.17, 15) is 14.0 Å². The van der Waals surface area contributed by atoms with E-state index in [0.717, 1.165) is 31.2 Å². The van der Waals surface area contributed by atoms with Gasteiger partial charge in [-0.2, -0.15) is 0 Å². The van der Waals surface area contributed by atoms with E-state index in [1.165, 1.54) is 6.07 Å². The number of methoxy groups -OCH3 is 1. The van der Waals surface area contributed by atoms with Crippen molar-refractivity contribution in [2.75, 3.05) is 7.11 Å². The van der Waals surface area contributed by atoms with Crippen molar-refractivity contribution in [1.29, 1.82) is 0 Å². The molecule has 166 valence electrons. The largest absolute Gasteiger partial charge is 0.497 e. The summed E-state index contributed by atoms with van der Waals surface area (Å²) in [6, 6.07) is 13.2. The lowest BCUT2D eigenvalue weighted by atomic mass is 10.1. The number of carbonyl (C=O) groups excluding carboxylic acids is 2. The quantitative estimate of drug-likeness (QED) is 0.652. The van der Waals surface area contributed by atoms with Crippen molar-refractivity contribution in [2.24, 2.45) is 0 Å². The second-order valence-electron chi connectivity index (χ2n) is 8.06. The summed E-state index contributed by atoms with van der Waals surface area (Å²) in [5.74, 6) is -0.149. The third-order valence-electron chi connectivity index (χ3n) is 5.87. The molecule has 5 nitrogen and oxygen atoms in total. The molecule has 0 heterocycles. The van der Waals surface area contributed by atoms with Crippen LogP contribution in [0.5, 0.6) is 5.75 Å². The molecule has 0 radical (unpaired) electrons. The van der Waals surface area contributed by atoms with Gasteiger partial charge in [0.25, 0.3) is 0 Å². The molecule has 1 aliphatic carbocycles. The average molecular weight is 427 g/mol. The zero-order chi connectivity index (χ0) is 22.2. The van der Waals surface area contributed by atoms with Crippen molar-refractivity contribution >= 4 is 11.8 Å². The Balaban J connectivity index is 1.84. The predicted octanol–water partition coefficient (Wildman–Crippen LogP) is 4.24. The number of ether oxygens (including phenoxy) is 1. The third-order valence-corrected chi connectivity index (χ3v) is 5.87. The first-order chi connectivity index (χ1) is 15.0. The standard InChI is InChI=1S/C25H31FN2O3/c1-3-23(25(30)27-20-11-5-6-12-20)28(17-18-9-8-13-21(15-18)31-2)24(29)16-19-10-4-7-14-22(19)26/h4,7-10,13-15,20,23H,3,5-6,11-12,16-17H2,1-2H3,(H,27,30)/t23-/m1/s1. The zero-order valence-corrected chi connectivity index (χ0v) is 18.3. The number of nitrogens with zero attached hydrogens (tertiary/aromatic N) is 1. The van der Waals surface area contributed by atoms with Crippen molar-refractivity contribution < 1.29 is 18.7 Å². The van der Waals surface area contributed by atoms with Gasteiger partial charge in [-0.25, -0.2) is 4.39 Å². The molecular formula is C25H31FN2O3. The number of nitrogens with one attached hydrogen (secondary N) is 1. The van der Waals surface area contributed by atoms with E-state index in [2.05, 4.69) is 5.32 Å². The topological polar surface area (TPSA) is 58.6 Å². The summed E-state index contributed by atoms with van der Waals surface area (Å²) in [7, 11) is 1.59. The minimum absolute atomic E-state index is 0.0934. The fourth-order valence-electron chi connectivity index (χ4n) is 4.16. The highest BCUT2D eigenvalue weighted by Crippen LogP contribution is 2.21. The molecule has 3 rings (SSSR count). The van der Waals surface area contributed by atoms with Gasteiger partial charge < -0.3 is 15.0 Å². The smallest absolute Gasteiger partial charge is 0.243 e. The average Bonchev–Trinajstić information content (AvgIpc) is 3.28. The summed E-state index contributed by atoms with van der Waals surface area (Å²) >= 11 is 0. The maximum Gasteiger partial charge on any atom is 0.243 e. The summed E-state index contributed by atoms with van der Waals surface area (Å²) < 4.78 is 19.5. The first-order valence-electron chi connectivity index (χ1n) is 11.0. The summed E-state index contributed by atoms with van der Waals surface area (Å²) in [5.41, 5.74) is 1.18. The van der Waals surface area contributed by atoms with Crippen LogP contribution in [0.4, 0.5) is 4.39 Å². The summed E-state index contributed by atoms with van der Waals surface area (Å²) in [5, 5.41) is 3.12. The monoisotopic (exact) mass is 426 g/mol. The minimum atomic E-state index is -0.619. The number of hydrogen-bond donors (Lipinski definition) is 1. The number of hydrogen-bond acceptors (Lipinski definition) is 3. The number of halogens is 1. The van der Waals surface area contributed by atoms with Crippen molar-refractivity contribution in [3.63, 3.8) is 0 Å². The van der Waals surface area contributed by atoms with Crippen LogP contribution in [0.3, 0.4) is 0 Å². The van der Waals surface area contributed by atoms with Crippen LogP contribution in [0.25, 0.3) is 0 Å². The molecule has 0 aromatic heterocycles. The second-order valence-corrected chi connectivity index (χ2v) is 8.06. The molecule has 31 heavy (non-hydrogen) atoms. The van der Waals surface area contributed by atoms with Gasteiger partial charge in [0, 0.05) is 12.6 Å². The minimum Gasteiger partial charge on any atom is -0.497 e. The van der Waals surface area contributed by atoms with Crippen LogP contribution in [0.2, 0.25) is 0 Å². The molecule has 6 heteroatoms. The number of amides is 2. The highest BCUT2D eigenvalue weighted by Gasteiger charge is 2.31. The van der Waals surface area contributed by atoms with Crippen LogP contribution < -0.4 is 10.1 Å². The van der Waals surface area contributed by atoms with Crippen LogP contribution in [-0.2, 0) is 22.6 Å². The van der Waals surface area contributed by atoms with Crippen molar-refractivity contribution in [1.82, 2.24) is 10.2 Å². The lowest BCUT2D eigenvalue weighted by Crippen LogP contribution is -2.51. The Kier molecular flexibility index (Phi) is 8.04. The molecule has 0 saturated heterocycles.